The number of unbranched alkanes of at least 4 members (excludes halogenated alkanes) is 7. The van der Waals surface area contributed by atoms with Gasteiger partial charge in [-0.3, -0.25) is 0 Å². The van der Waals surface area contributed by atoms with E-state index in [4.69, 9.17) is 0 Å². The normalized spacial score (nSPS) is 19.4. The van der Waals surface area contributed by atoms with Crippen LogP contribution >= 0.6 is 0 Å². The molecule has 1 atom stereocenters. The van der Waals surface area contributed by atoms with Gasteiger partial charge in [0.25, 0.3) is 0 Å². The first kappa shape index (κ1) is 14.8. The summed E-state index contributed by atoms with van der Waals surface area (Å²) in [7, 11) is -0.580. The van der Waals surface area contributed by atoms with Gasteiger partial charge in [-0.05, 0) is 19.8 Å². The Morgan fingerprint density at radius 1 is 0.941 bits per heavy atom. The smallest absolute Gasteiger partial charge is 0.0859 e. The fourth-order valence-electron chi connectivity index (χ4n) is 2.56. The first-order valence-corrected chi connectivity index (χ1v) is 10.0. The molecule has 0 nitrogen and oxygen atoms in total. The molecular formula is C16H30Si. The maximum absolute atomic E-state index is 2.48. The quantitative estimate of drug-likeness (QED) is 0.383. The SMILES string of the molecule is CCCCCCCCCCC1=C(C)[SiH](C)C=C1. The maximum Gasteiger partial charge on any atom is 0.0859 e. The van der Waals surface area contributed by atoms with Gasteiger partial charge >= 0.3 is 0 Å². The van der Waals surface area contributed by atoms with Crippen molar-refractivity contribution in [2.75, 3.05) is 0 Å². The molecule has 1 heteroatoms. The maximum atomic E-state index is 2.48. The van der Waals surface area contributed by atoms with Crippen molar-refractivity contribution in [1.82, 2.24) is 0 Å². The van der Waals surface area contributed by atoms with Gasteiger partial charge in [-0.25, -0.2) is 0 Å². The van der Waals surface area contributed by atoms with Crippen molar-refractivity contribution in [3.63, 3.8) is 0 Å². The minimum absolute atomic E-state index is 0.580. The molecule has 1 aliphatic heterocycles. The van der Waals surface area contributed by atoms with Gasteiger partial charge in [0.05, 0.1) is 8.80 Å². The molecule has 0 spiro atoms. The van der Waals surface area contributed by atoms with E-state index in [1.807, 2.05) is 0 Å². The van der Waals surface area contributed by atoms with E-state index >= 15 is 0 Å². The van der Waals surface area contributed by atoms with E-state index in [1.165, 1.54) is 57.8 Å². The van der Waals surface area contributed by atoms with Gasteiger partial charge < -0.3 is 0 Å². The van der Waals surface area contributed by atoms with Crippen LogP contribution in [0.1, 0.15) is 71.6 Å². The van der Waals surface area contributed by atoms with Gasteiger partial charge in [-0.1, -0.05) is 81.0 Å². The van der Waals surface area contributed by atoms with Crippen LogP contribution < -0.4 is 0 Å². The Morgan fingerprint density at radius 3 is 2.06 bits per heavy atom. The van der Waals surface area contributed by atoms with Gasteiger partial charge in [0, 0.05) is 0 Å². The van der Waals surface area contributed by atoms with Crippen molar-refractivity contribution >= 4 is 8.80 Å². The zero-order valence-corrected chi connectivity index (χ0v) is 13.3. The van der Waals surface area contributed by atoms with Crippen LogP contribution in [0.5, 0.6) is 0 Å². The molecule has 1 rings (SSSR count). The predicted octanol–water partition coefficient (Wildman–Crippen LogP) is 5.34. The van der Waals surface area contributed by atoms with Gasteiger partial charge in [0.2, 0.25) is 0 Å². The first-order chi connectivity index (χ1) is 8.25. The first-order valence-electron chi connectivity index (χ1n) is 7.63. The third-order valence-electron chi connectivity index (χ3n) is 4.08. The molecule has 17 heavy (non-hydrogen) atoms. The Labute approximate surface area is 110 Å². The van der Waals surface area contributed by atoms with Crippen LogP contribution in [0.4, 0.5) is 0 Å². The third kappa shape index (κ3) is 5.72. The lowest BCUT2D eigenvalue weighted by atomic mass is 10.0. The van der Waals surface area contributed by atoms with Crippen LogP contribution in [0.3, 0.4) is 0 Å². The summed E-state index contributed by atoms with van der Waals surface area (Å²) in [6.45, 7) is 7.08. The van der Waals surface area contributed by atoms with Crippen molar-refractivity contribution in [3.8, 4) is 0 Å². The van der Waals surface area contributed by atoms with Crippen molar-refractivity contribution in [2.45, 2.75) is 78.2 Å². The second-order valence-corrected chi connectivity index (χ2v) is 8.41. The molecule has 1 heterocycles. The molecule has 0 bridgehead atoms. The highest BCUT2D eigenvalue weighted by atomic mass is 28.3. The van der Waals surface area contributed by atoms with Crippen molar-refractivity contribution in [2.24, 2.45) is 0 Å². The number of allylic oxidation sites excluding steroid dienone is 3. The highest BCUT2D eigenvalue weighted by Gasteiger charge is 2.12. The summed E-state index contributed by atoms with van der Waals surface area (Å²) in [5.74, 6) is 0. The average Bonchev–Trinajstić information content (AvgIpc) is 2.64. The van der Waals surface area contributed by atoms with Gasteiger partial charge in [0.1, 0.15) is 0 Å². The molecule has 0 saturated carbocycles. The Kier molecular flexibility index (Phi) is 7.59. The van der Waals surface area contributed by atoms with E-state index in [2.05, 4.69) is 32.2 Å². The lowest BCUT2D eigenvalue weighted by molar-refractivity contribution is 0.576. The molecule has 1 aliphatic rings. The van der Waals surface area contributed by atoms with Gasteiger partial charge in [-0.15, -0.1) is 0 Å². The van der Waals surface area contributed by atoms with E-state index < -0.39 is 8.80 Å². The van der Waals surface area contributed by atoms with Crippen molar-refractivity contribution < 1.29 is 0 Å². The summed E-state index contributed by atoms with van der Waals surface area (Å²) in [6, 6.07) is 0. The molecule has 0 radical (unpaired) electrons. The lowest BCUT2D eigenvalue weighted by Gasteiger charge is -2.05. The highest BCUT2D eigenvalue weighted by molar-refractivity contribution is 6.71. The summed E-state index contributed by atoms with van der Waals surface area (Å²) < 4.78 is 0. The number of hydrogen-bond donors (Lipinski definition) is 0. The minimum Gasteiger partial charge on any atom is -0.0932 e. The molecule has 0 aromatic heterocycles. The zero-order valence-electron chi connectivity index (χ0n) is 12.1. The molecule has 0 aromatic carbocycles. The Morgan fingerprint density at radius 2 is 1.53 bits per heavy atom. The van der Waals surface area contributed by atoms with Crippen LogP contribution in [0.15, 0.2) is 22.5 Å². The molecule has 0 saturated heterocycles. The highest BCUT2D eigenvalue weighted by Crippen LogP contribution is 2.23. The summed E-state index contributed by atoms with van der Waals surface area (Å²) in [5, 5.41) is 1.74. The molecule has 98 valence electrons. The van der Waals surface area contributed by atoms with Crippen molar-refractivity contribution in [3.05, 3.63) is 22.5 Å². The summed E-state index contributed by atoms with van der Waals surface area (Å²) in [5.41, 5.74) is 4.16. The van der Waals surface area contributed by atoms with E-state index in [-0.39, 0.29) is 0 Å². The second-order valence-electron chi connectivity index (χ2n) is 5.58. The molecule has 0 amide bonds. The Bertz CT molecular complexity index is 263. The standard InChI is InChI=1S/C16H30Si/c1-4-5-6-7-8-9-10-11-12-16-13-14-17(3)15(16)2/h13-14,17H,4-12H2,1-3H3. The van der Waals surface area contributed by atoms with Gasteiger partial charge in [0.15, 0.2) is 0 Å². The fourth-order valence-corrected chi connectivity index (χ4v) is 4.19. The molecular weight excluding hydrogens is 220 g/mol. The topological polar surface area (TPSA) is 0 Å². The zero-order chi connectivity index (χ0) is 12.5. The van der Waals surface area contributed by atoms with Crippen molar-refractivity contribution in [1.29, 1.82) is 0 Å². The predicted molar refractivity (Wildman–Crippen MR) is 82.1 cm³/mol. The van der Waals surface area contributed by atoms with Crippen LogP contribution in [0.2, 0.25) is 6.55 Å². The fraction of sp³-hybridized carbons (Fsp3) is 0.750. The van der Waals surface area contributed by atoms with Gasteiger partial charge in [-0.2, -0.15) is 0 Å². The van der Waals surface area contributed by atoms with E-state index in [1.54, 1.807) is 10.8 Å². The molecule has 0 fully saturated rings. The minimum atomic E-state index is -0.580. The average molecular weight is 251 g/mol. The van der Waals surface area contributed by atoms with Crippen LogP contribution in [0.25, 0.3) is 0 Å². The van der Waals surface area contributed by atoms with E-state index in [0.717, 1.165) is 0 Å². The molecule has 0 aliphatic carbocycles. The summed E-state index contributed by atoms with van der Waals surface area (Å²) in [4.78, 5) is 0. The van der Waals surface area contributed by atoms with E-state index in [0.29, 0.717) is 0 Å². The van der Waals surface area contributed by atoms with Crippen LogP contribution in [-0.2, 0) is 0 Å². The number of hydrogen-bond acceptors (Lipinski definition) is 0. The Hall–Kier alpha value is -0.303. The van der Waals surface area contributed by atoms with E-state index in [9.17, 15) is 0 Å². The van der Waals surface area contributed by atoms with Crippen LogP contribution in [-0.4, -0.2) is 8.80 Å². The molecule has 0 N–H and O–H groups in total. The summed E-state index contributed by atoms with van der Waals surface area (Å²) >= 11 is 0. The molecule has 0 aromatic rings. The third-order valence-corrected chi connectivity index (χ3v) is 6.58. The largest absolute Gasteiger partial charge is 0.0932 e. The lowest BCUT2D eigenvalue weighted by Crippen LogP contribution is -2.02. The molecule has 1 unspecified atom stereocenters. The summed E-state index contributed by atoms with van der Waals surface area (Å²) in [6.07, 6.45) is 15.2. The number of rotatable bonds is 9. The monoisotopic (exact) mass is 250 g/mol. The van der Waals surface area contributed by atoms with Crippen LogP contribution in [0, 0.1) is 0 Å². The Balaban J connectivity index is 1.96. The second kappa shape index (κ2) is 8.74.